The van der Waals surface area contributed by atoms with Gasteiger partial charge in [-0.25, -0.2) is 0 Å². The number of amides is 1. The zero-order valence-electron chi connectivity index (χ0n) is 10.2. The number of hydrogen-bond acceptors (Lipinski definition) is 4. The largest absolute Gasteiger partial charge is 0.346 e. The standard InChI is InChI=1S/C13H12ClN3OS/c1-8-5-16-9(6-15-8)7-17-13(18)11-4-10(19)2-3-12(11)14/h2-6,19H,7H2,1H3,(H,17,18). The van der Waals surface area contributed by atoms with Crippen molar-refractivity contribution in [2.45, 2.75) is 18.4 Å². The summed E-state index contributed by atoms with van der Waals surface area (Å²) in [5, 5.41) is 3.14. The molecule has 0 aliphatic carbocycles. The lowest BCUT2D eigenvalue weighted by Crippen LogP contribution is -2.23. The van der Waals surface area contributed by atoms with Crippen LogP contribution in [-0.2, 0) is 6.54 Å². The number of carbonyl (C=O) groups is 1. The number of rotatable bonds is 3. The molecule has 2 aromatic rings. The summed E-state index contributed by atoms with van der Waals surface area (Å²) in [5.41, 5.74) is 1.92. The summed E-state index contributed by atoms with van der Waals surface area (Å²) >= 11 is 10.2. The molecule has 1 aromatic heterocycles. The molecule has 0 atom stereocenters. The highest BCUT2D eigenvalue weighted by atomic mass is 35.5. The Hall–Kier alpha value is -1.59. The van der Waals surface area contributed by atoms with Crippen molar-refractivity contribution >= 4 is 30.1 Å². The van der Waals surface area contributed by atoms with Crippen molar-refractivity contribution < 1.29 is 4.79 Å². The van der Waals surface area contributed by atoms with Gasteiger partial charge in [-0.05, 0) is 25.1 Å². The maximum Gasteiger partial charge on any atom is 0.253 e. The van der Waals surface area contributed by atoms with E-state index in [4.69, 9.17) is 11.6 Å². The van der Waals surface area contributed by atoms with Crippen LogP contribution in [0, 0.1) is 6.92 Å². The Kier molecular flexibility index (Phi) is 4.39. The molecule has 1 amide bonds. The lowest BCUT2D eigenvalue weighted by Gasteiger charge is -2.07. The molecule has 0 bridgehead atoms. The highest BCUT2D eigenvalue weighted by Crippen LogP contribution is 2.19. The second-order valence-corrected chi connectivity index (χ2v) is 4.92. The Labute approximate surface area is 121 Å². The minimum atomic E-state index is -0.261. The smallest absolute Gasteiger partial charge is 0.253 e. The Bertz CT molecular complexity index is 601. The van der Waals surface area contributed by atoms with Gasteiger partial charge in [0.2, 0.25) is 0 Å². The minimum absolute atomic E-state index is 0.261. The topological polar surface area (TPSA) is 54.9 Å². The van der Waals surface area contributed by atoms with Gasteiger partial charge in [-0.15, -0.1) is 12.6 Å². The number of carbonyl (C=O) groups excluding carboxylic acids is 1. The zero-order chi connectivity index (χ0) is 13.8. The predicted octanol–water partition coefficient (Wildman–Crippen LogP) is 2.66. The van der Waals surface area contributed by atoms with Gasteiger partial charge in [0, 0.05) is 11.1 Å². The monoisotopic (exact) mass is 293 g/mol. The van der Waals surface area contributed by atoms with Crippen LogP contribution in [-0.4, -0.2) is 15.9 Å². The van der Waals surface area contributed by atoms with Crippen LogP contribution in [0.3, 0.4) is 0 Å². The van der Waals surface area contributed by atoms with Gasteiger partial charge < -0.3 is 5.32 Å². The molecule has 0 radical (unpaired) electrons. The molecule has 0 saturated carbocycles. The van der Waals surface area contributed by atoms with Crippen LogP contribution >= 0.6 is 24.2 Å². The van der Waals surface area contributed by atoms with E-state index in [1.165, 1.54) is 0 Å². The van der Waals surface area contributed by atoms with E-state index in [0.29, 0.717) is 27.7 Å². The van der Waals surface area contributed by atoms with Crippen molar-refractivity contribution in [2.75, 3.05) is 0 Å². The summed E-state index contributed by atoms with van der Waals surface area (Å²) in [6, 6.07) is 5.00. The molecular weight excluding hydrogens is 282 g/mol. The van der Waals surface area contributed by atoms with Gasteiger partial charge in [0.15, 0.2) is 0 Å². The molecular formula is C13H12ClN3OS. The lowest BCUT2D eigenvalue weighted by molar-refractivity contribution is 0.0950. The third kappa shape index (κ3) is 3.68. The Morgan fingerprint density at radius 2 is 2.16 bits per heavy atom. The lowest BCUT2D eigenvalue weighted by atomic mass is 10.2. The van der Waals surface area contributed by atoms with Gasteiger partial charge in [-0.3, -0.25) is 14.8 Å². The van der Waals surface area contributed by atoms with Crippen LogP contribution < -0.4 is 5.32 Å². The van der Waals surface area contributed by atoms with E-state index in [2.05, 4.69) is 27.9 Å². The second-order valence-electron chi connectivity index (χ2n) is 4.00. The summed E-state index contributed by atoms with van der Waals surface area (Å²) in [6.07, 6.45) is 3.29. The second kappa shape index (κ2) is 6.04. The highest BCUT2D eigenvalue weighted by molar-refractivity contribution is 7.80. The third-order valence-corrected chi connectivity index (χ3v) is 3.07. The molecule has 6 heteroatoms. The van der Waals surface area contributed by atoms with Crippen molar-refractivity contribution in [3.63, 3.8) is 0 Å². The summed E-state index contributed by atoms with van der Waals surface area (Å²) in [6.45, 7) is 2.16. The number of thiol groups is 1. The first-order chi connectivity index (χ1) is 9.06. The normalized spacial score (nSPS) is 10.3. The average molecular weight is 294 g/mol. The number of nitrogens with zero attached hydrogens (tertiary/aromatic N) is 2. The molecule has 19 heavy (non-hydrogen) atoms. The number of hydrogen-bond donors (Lipinski definition) is 2. The summed E-state index contributed by atoms with van der Waals surface area (Å²) in [4.78, 5) is 20.9. The average Bonchev–Trinajstić information content (AvgIpc) is 2.40. The molecule has 0 spiro atoms. The summed E-state index contributed by atoms with van der Waals surface area (Å²) < 4.78 is 0. The Balaban J connectivity index is 2.05. The molecule has 2 rings (SSSR count). The Morgan fingerprint density at radius 3 is 2.84 bits per heavy atom. The van der Waals surface area contributed by atoms with Gasteiger partial charge in [-0.2, -0.15) is 0 Å². The number of aromatic nitrogens is 2. The van der Waals surface area contributed by atoms with E-state index < -0.39 is 0 Å². The first-order valence-corrected chi connectivity index (χ1v) is 6.43. The van der Waals surface area contributed by atoms with Gasteiger partial charge in [0.1, 0.15) is 0 Å². The first-order valence-electron chi connectivity index (χ1n) is 5.60. The first kappa shape index (κ1) is 13.8. The number of halogens is 1. The van der Waals surface area contributed by atoms with Crippen LogP contribution in [0.2, 0.25) is 5.02 Å². The van der Waals surface area contributed by atoms with E-state index in [1.54, 1.807) is 30.6 Å². The van der Waals surface area contributed by atoms with Crippen molar-refractivity contribution in [2.24, 2.45) is 0 Å². The quantitative estimate of drug-likeness (QED) is 0.856. The van der Waals surface area contributed by atoms with Crippen molar-refractivity contribution in [1.29, 1.82) is 0 Å². The molecule has 1 heterocycles. The van der Waals surface area contributed by atoms with Gasteiger partial charge in [0.25, 0.3) is 5.91 Å². The van der Waals surface area contributed by atoms with Gasteiger partial charge >= 0.3 is 0 Å². The fourth-order valence-corrected chi connectivity index (χ4v) is 1.87. The molecule has 4 nitrogen and oxygen atoms in total. The van der Waals surface area contributed by atoms with Gasteiger partial charge in [-0.1, -0.05) is 11.6 Å². The fourth-order valence-electron chi connectivity index (χ4n) is 1.46. The number of benzene rings is 1. The van der Waals surface area contributed by atoms with Crippen molar-refractivity contribution in [1.82, 2.24) is 15.3 Å². The third-order valence-electron chi connectivity index (χ3n) is 2.46. The summed E-state index contributed by atoms with van der Waals surface area (Å²) in [5.74, 6) is -0.261. The molecule has 0 aliphatic rings. The van der Waals surface area contributed by atoms with E-state index in [0.717, 1.165) is 5.69 Å². The number of nitrogens with one attached hydrogen (secondary N) is 1. The van der Waals surface area contributed by atoms with Crippen LogP contribution in [0.15, 0.2) is 35.5 Å². The molecule has 0 aliphatic heterocycles. The molecule has 1 aromatic carbocycles. The minimum Gasteiger partial charge on any atom is -0.346 e. The maximum absolute atomic E-state index is 12.0. The summed E-state index contributed by atoms with van der Waals surface area (Å²) in [7, 11) is 0. The Morgan fingerprint density at radius 1 is 1.37 bits per heavy atom. The SMILES string of the molecule is Cc1cnc(CNC(=O)c2cc(S)ccc2Cl)cn1. The van der Waals surface area contributed by atoms with Crippen LogP contribution in [0.4, 0.5) is 0 Å². The maximum atomic E-state index is 12.0. The zero-order valence-corrected chi connectivity index (χ0v) is 11.9. The number of aryl methyl sites for hydroxylation is 1. The van der Waals surface area contributed by atoms with Crippen LogP contribution in [0.5, 0.6) is 0 Å². The van der Waals surface area contributed by atoms with Crippen LogP contribution in [0.1, 0.15) is 21.7 Å². The molecule has 0 unspecified atom stereocenters. The molecule has 0 fully saturated rings. The van der Waals surface area contributed by atoms with Crippen molar-refractivity contribution in [3.8, 4) is 0 Å². The van der Waals surface area contributed by atoms with E-state index >= 15 is 0 Å². The van der Waals surface area contributed by atoms with Crippen molar-refractivity contribution in [3.05, 3.63) is 52.6 Å². The molecule has 0 saturated heterocycles. The van der Waals surface area contributed by atoms with Crippen LogP contribution in [0.25, 0.3) is 0 Å². The fraction of sp³-hybridized carbons (Fsp3) is 0.154. The van der Waals surface area contributed by atoms with E-state index in [-0.39, 0.29) is 5.91 Å². The van der Waals surface area contributed by atoms with Gasteiger partial charge in [0.05, 0.1) is 34.7 Å². The molecule has 98 valence electrons. The van der Waals surface area contributed by atoms with E-state index in [9.17, 15) is 4.79 Å². The molecule has 1 N–H and O–H groups in total. The van der Waals surface area contributed by atoms with E-state index in [1.807, 2.05) is 6.92 Å². The predicted molar refractivity (Wildman–Crippen MR) is 76.6 cm³/mol. The highest BCUT2D eigenvalue weighted by Gasteiger charge is 2.10.